The Bertz CT molecular complexity index is 412. The van der Waals surface area contributed by atoms with Gasteiger partial charge in [-0.15, -0.1) is 0 Å². The number of para-hydroxylation sites is 1. The number of nitrogens with one attached hydrogen (secondary N) is 1. The van der Waals surface area contributed by atoms with Gasteiger partial charge in [-0.25, -0.2) is 0 Å². The lowest BCUT2D eigenvalue weighted by Gasteiger charge is -2.22. The molecule has 1 aliphatic rings. The highest BCUT2D eigenvalue weighted by molar-refractivity contribution is 5.81. The normalized spacial score (nSPS) is 15.1. The van der Waals surface area contributed by atoms with Gasteiger partial charge in [0.2, 0.25) is 5.91 Å². The number of carbonyl (C=O) groups is 1. The quantitative estimate of drug-likeness (QED) is 0.741. The third-order valence-corrected chi connectivity index (χ3v) is 4.42. The van der Waals surface area contributed by atoms with Crippen LogP contribution in [0.4, 0.5) is 5.69 Å². The Hall–Kier alpha value is -1.51. The summed E-state index contributed by atoms with van der Waals surface area (Å²) in [5.41, 5.74) is 1.11. The maximum Gasteiger partial charge on any atom is 0.239 e. The monoisotopic (exact) mass is 288 g/mol. The lowest BCUT2D eigenvalue weighted by Crippen LogP contribution is -2.37. The number of anilines is 1. The van der Waals surface area contributed by atoms with Crippen molar-refractivity contribution in [3.63, 3.8) is 0 Å². The van der Waals surface area contributed by atoms with E-state index in [1.165, 1.54) is 32.1 Å². The van der Waals surface area contributed by atoms with Crippen LogP contribution in [0.1, 0.15) is 45.4 Å². The fourth-order valence-corrected chi connectivity index (χ4v) is 3.17. The largest absolute Gasteiger partial charge is 0.363 e. The van der Waals surface area contributed by atoms with Gasteiger partial charge in [-0.3, -0.25) is 4.79 Å². The summed E-state index contributed by atoms with van der Waals surface area (Å²) in [6, 6.07) is 10.1. The summed E-state index contributed by atoms with van der Waals surface area (Å²) in [6.45, 7) is 4.20. The van der Waals surface area contributed by atoms with Crippen LogP contribution in [0, 0.1) is 5.92 Å². The molecule has 1 saturated carbocycles. The van der Waals surface area contributed by atoms with E-state index in [0.717, 1.165) is 31.1 Å². The molecule has 0 aliphatic heterocycles. The smallest absolute Gasteiger partial charge is 0.239 e. The average Bonchev–Trinajstić information content (AvgIpc) is 3.03. The topological polar surface area (TPSA) is 32.3 Å². The summed E-state index contributed by atoms with van der Waals surface area (Å²) < 4.78 is 0. The van der Waals surface area contributed by atoms with Crippen LogP contribution in [-0.4, -0.2) is 25.5 Å². The van der Waals surface area contributed by atoms with E-state index in [2.05, 4.69) is 29.3 Å². The fourth-order valence-electron chi connectivity index (χ4n) is 3.17. The molecule has 3 heteroatoms. The predicted octanol–water partition coefficient (Wildman–Crippen LogP) is 3.60. The molecule has 0 atom stereocenters. The molecule has 21 heavy (non-hydrogen) atoms. The van der Waals surface area contributed by atoms with Crippen molar-refractivity contribution in [2.24, 2.45) is 5.92 Å². The molecule has 1 fully saturated rings. The van der Waals surface area contributed by atoms with Crippen LogP contribution in [-0.2, 0) is 4.79 Å². The summed E-state index contributed by atoms with van der Waals surface area (Å²) in [6.07, 6.45) is 7.99. The molecule has 0 radical (unpaired) electrons. The number of likely N-dealkylation sites (N-methyl/N-ethyl adjacent to an activating group) is 1. The van der Waals surface area contributed by atoms with Gasteiger partial charge in [-0.1, -0.05) is 43.9 Å². The van der Waals surface area contributed by atoms with Crippen molar-refractivity contribution in [2.45, 2.75) is 45.4 Å². The first-order valence-corrected chi connectivity index (χ1v) is 8.36. The Morgan fingerprint density at radius 1 is 1.24 bits per heavy atom. The zero-order chi connectivity index (χ0) is 14.9. The van der Waals surface area contributed by atoms with Crippen LogP contribution in [0.2, 0.25) is 0 Å². The molecule has 2 rings (SSSR count). The molecule has 0 spiro atoms. The lowest BCUT2D eigenvalue weighted by molar-refractivity contribution is -0.119. The molecule has 3 nitrogen and oxygen atoms in total. The SMILES string of the molecule is CCN(CC(=O)NCCCC1CCCC1)c1ccccc1. The van der Waals surface area contributed by atoms with Gasteiger partial charge < -0.3 is 10.2 Å². The molecular weight excluding hydrogens is 260 g/mol. The van der Waals surface area contributed by atoms with Crippen LogP contribution >= 0.6 is 0 Å². The number of nitrogens with zero attached hydrogens (tertiary/aromatic N) is 1. The second-order valence-electron chi connectivity index (χ2n) is 5.99. The zero-order valence-corrected chi connectivity index (χ0v) is 13.2. The molecule has 0 saturated heterocycles. The molecular formula is C18H28N2O. The van der Waals surface area contributed by atoms with Gasteiger partial charge in [0.25, 0.3) is 0 Å². The van der Waals surface area contributed by atoms with Crippen molar-refractivity contribution in [3.05, 3.63) is 30.3 Å². The Kier molecular flexibility index (Phi) is 6.58. The minimum Gasteiger partial charge on any atom is -0.363 e. The van der Waals surface area contributed by atoms with Crippen molar-refractivity contribution >= 4 is 11.6 Å². The number of rotatable bonds is 8. The first-order valence-electron chi connectivity index (χ1n) is 8.36. The van der Waals surface area contributed by atoms with Gasteiger partial charge in [0.15, 0.2) is 0 Å². The maximum atomic E-state index is 12.0. The van der Waals surface area contributed by atoms with Crippen molar-refractivity contribution < 1.29 is 4.79 Å². The molecule has 116 valence electrons. The minimum absolute atomic E-state index is 0.132. The lowest BCUT2D eigenvalue weighted by atomic mass is 10.0. The van der Waals surface area contributed by atoms with Gasteiger partial charge in [0.05, 0.1) is 6.54 Å². The molecule has 1 aromatic rings. The Balaban J connectivity index is 1.65. The Morgan fingerprint density at radius 3 is 2.62 bits per heavy atom. The number of benzene rings is 1. The number of hydrogen-bond acceptors (Lipinski definition) is 2. The van der Waals surface area contributed by atoms with Crippen LogP contribution in [0.5, 0.6) is 0 Å². The summed E-state index contributed by atoms with van der Waals surface area (Å²) in [4.78, 5) is 14.1. The second kappa shape index (κ2) is 8.71. The highest BCUT2D eigenvalue weighted by Crippen LogP contribution is 2.28. The van der Waals surface area contributed by atoms with E-state index in [1.807, 2.05) is 18.2 Å². The van der Waals surface area contributed by atoms with E-state index in [0.29, 0.717) is 6.54 Å². The number of hydrogen-bond donors (Lipinski definition) is 1. The number of amides is 1. The first kappa shape index (κ1) is 15.9. The van der Waals surface area contributed by atoms with E-state index in [4.69, 9.17) is 0 Å². The van der Waals surface area contributed by atoms with Gasteiger partial charge in [0.1, 0.15) is 0 Å². The molecule has 1 aliphatic carbocycles. The third kappa shape index (κ3) is 5.41. The van der Waals surface area contributed by atoms with E-state index in [9.17, 15) is 4.79 Å². The molecule has 1 aromatic carbocycles. The standard InChI is InChI=1S/C18H28N2O/c1-2-20(17-12-4-3-5-13-17)15-18(21)19-14-8-11-16-9-6-7-10-16/h3-5,12-13,16H,2,6-11,14-15H2,1H3,(H,19,21). The first-order chi connectivity index (χ1) is 10.3. The van der Waals surface area contributed by atoms with Gasteiger partial charge in [-0.2, -0.15) is 0 Å². The van der Waals surface area contributed by atoms with Crippen LogP contribution in [0.3, 0.4) is 0 Å². The number of carbonyl (C=O) groups excluding carboxylic acids is 1. The molecule has 1 amide bonds. The van der Waals surface area contributed by atoms with Crippen molar-refractivity contribution in [1.29, 1.82) is 0 Å². The Labute approximate surface area is 128 Å². The van der Waals surface area contributed by atoms with Crippen LogP contribution < -0.4 is 10.2 Å². The minimum atomic E-state index is 0.132. The summed E-state index contributed by atoms with van der Waals surface area (Å²) in [5.74, 6) is 1.05. The molecule has 0 aromatic heterocycles. The highest BCUT2D eigenvalue weighted by atomic mass is 16.2. The predicted molar refractivity (Wildman–Crippen MR) is 88.5 cm³/mol. The van der Waals surface area contributed by atoms with Crippen molar-refractivity contribution in [1.82, 2.24) is 5.32 Å². The molecule has 1 N–H and O–H groups in total. The summed E-state index contributed by atoms with van der Waals surface area (Å²) in [7, 11) is 0. The zero-order valence-electron chi connectivity index (χ0n) is 13.2. The molecule has 0 bridgehead atoms. The Morgan fingerprint density at radius 2 is 1.95 bits per heavy atom. The van der Waals surface area contributed by atoms with E-state index < -0.39 is 0 Å². The second-order valence-corrected chi connectivity index (χ2v) is 5.99. The van der Waals surface area contributed by atoms with E-state index in [-0.39, 0.29) is 5.91 Å². The maximum absolute atomic E-state index is 12.0. The summed E-state index contributed by atoms with van der Waals surface area (Å²) >= 11 is 0. The third-order valence-electron chi connectivity index (χ3n) is 4.42. The van der Waals surface area contributed by atoms with Crippen molar-refractivity contribution in [3.8, 4) is 0 Å². The summed E-state index contributed by atoms with van der Waals surface area (Å²) in [5, 5.41) is 3.06. The van der Waals surface area contributed by atoms with Crippen LogP contribution in [0.15, 0.2) is 30.3 Å². The molecule has 0 heterocycles. The fraction of sp³-hybridized carbons (Fsp3) is 0.611. The van der Waals surface area contributed by atoms with E-state index in [1.54, 1.807) is 0 Å². The molecule has 0 unspecified atom stereocenters. The van der Waals surface area contributed by atoms with Gasteiger partial charge in [0, 0.05) is 18.8 Å². The highest BCUT2D eigenvalue weighted by Gasteiger charge is 2.14. The average molecular weight is 288 g/mol. The van der Waals surface area contributed by atoms with Gasteiger partial charge >= 0.3 is 0 Å². The van der Waals surface area contributed by atoms with E-state index >= 15 is 0 Å². The van der Waals surface area contributed by atoms with Crippen LogP contribution in [0.25, 0.3) is 0 Å². The van der Waals surface area contributed by atoms with Crippen molar-refractivity contribution in [2.75, 3.05) is 24.5 Å². The van der Waals surface area contributed by atoms with Gasteiger partial charge in [-0.05, 0) is 37.8 Å².